The summed E-state index contributed by atoms with van der Waals surface area (Å²) >= 11 is 0. The molecule has 0 spiro atoms. The fourth-order valence-electron chi connectivity index (χ4n) is 3.68. The summed E-state index contributed by atoms with van der Waals surface area (Å²) in [5.74, 6) is 0.0540. The number of nitrogens with zero attached hydrogens (tertiary/aromatic N) is 3. The Morgan fingerprint density at radius 1 is 1.12 bits per heavy atom. The van der Waals surface area contributed by atoms with Crippen molar-refractivity contribution in [2.75, 3.05) is 25.0 Å². The number of benzene rings is 2. The Kier molecular flexibility index (Phi) is 6.75. The van der Waals surface area contributed by atoms with Gasteiger partial charge in [-0.25, -0.2) is 8.42 Å². The van der Waals surface area contributed by atoms with Crippen LogP contribution in [0.1, 0.15) is 42.4 Å². The van der Waals surface area contributed by atoms with Crippen LogP contribution in [0.4, 0.5) is 5.69 Å². The first-order chi connectivity index (χ1) is 15.9. The van der Waals surface area contributed by atoms with Crippen molar-refractivity contribution in [2.24, 2.45) is 0 Å². The Balaban J connectivity index is 1.53. The number of ether oxygens (including phenoxy) is 1. The highest BCUT2D eigenvalue weighted by atomic mass is 32.2. The van der Waals surface area contributed by atoms with E-state index in [1.165, 1.54) is 10.4 Å². The Morgan fingerprint density at radius 3 is 2.55 bits per heavy atom. The molecule has 1 N–H and O–H groups in total. The molecule has 0 saturated carbocycles. The average Bonchev–Trinajstić information content (AvgIpc) is 3.32. The normalized spacial score (nSPS) is 14.7. The number of aryl methyl sites for hydroxylation is 1. The van der Waals surface area contributed by atoms with Crippen molar-refractivity contribution >= 4 is 21.6 Å². The smallest absolute Gasteiger partial charge is 0.316 e. The van der Waals surface area contributed by atoms with Crippen molar-refractivity contribution in [2.45, 2.75) is 38.0 Å². The van der Waals surface area contributed by atoms with E-state index in [4.69, 9.17) is 9.26 Å². The molecule has 1 aromatic heterocycles. The average molecular weight is 471 g/mol. The molecule has 0 aliphatic carbocycles. The minimum absolute atomic E-state index is 0.141. The van der Waals surface area contributed by atoms with Crippen LogP contribution in [0.15, 0.2) is 51.9 Å². The predicted octanol–water partition coefficient (Wildman–Crippen LogP) is 3.87. The van der Waals surface area contributed by atoms with Crippen molar-refractivity contribution < 1.29 is 22.5 Å². The van der Waals surface area contributed by atoms with Crippen LogP contribution < -0.4 is 10.1 Å². The SMILES string of the molecule is CCOc1ccc(NC(=O)c2nc(-c3ccc(C)c(S(=O)(=O)N4CCCCC4)c3)no2)cc1. The summed E-state index contributed by atoms with van der Waals surface area (Å²) in [6.07, 6.45) is 2.75. The number of hydrogen-bond acceptors (Lipinski definition) is 7. The number of piperidine rings is 1. The highest BCUT2D eigenvalue weighted by Gasteiger charge is 2.28. The fraction of sp³-hybridized carbons (Fsp3) is 0.348. The molecule has 1 aliphatic heterocycles. The quantitative estimate of drug-likeness (QED) is 0.557. The van der Waals surface area contributed by atoms with Gasteiger partial charge >= 0.3 is 11.8 Å². The summed E-state index contributed by atoms with van der Waals surface area (Å²) in [4.78, 5) is 16.9. The van der Waals surface area contributed by atoms with Gasteiger partial charge in [-0.2, -0.15) is 9.29 Å². The fourth-order valence-corrected chi connectivity index (χ4v) is 5.45. The number of anilines is 1. The standard InChI is InChI=1S/C23H26N4O5S/c1-3-31-19-11-9-18(10-12-19)24-22(28)23-25-21(26-32-23)17-8-7-16(2)20(15-17)33(29,30)27-13-5-4-6-14-27/h7-12,15H,3-6,13-14H2,1-2H3,(H,24,28). The number of hydrogen-bond donors (Lipinski definition) is 1. The van der Waals surface area contributed by atoms with E-state index in [0.717, 1.165) is 19.3 Å². The summed E-state index contributed by atoms with van der Waals surface area (Å²) in [5, 5.41) is 6.56. The van der Waals surface area contributed by atoms with E-state index in [9.17, 15) is 13.2 Å². The monoisotopic (exact) mass is 470 g/mol. The van der Waals surface area contributed by atoms with Crippen molar-refractivity contribution in [1.29, 1.82) is 0 Å². The molecular weight excluding hydrogens is 444 g/mol. The Hall–Kier alpha value is -3.24. The number of sulfonamides is 1. The molecule has 0 radical (unpaired) electrons. The van der Waals surface area contributed by atoms with Crippen molar-refractivity contribution in [1.82, 2.24) is 14.4 Å². The third-order valence-electron chi connectivity index (χ3n) is 5.42. The van der Waals surface area contributed by atoms with Gasteiger partial charge < -0.3 is 14.6 Å². The van der Waals surface area contributed by atoms with Gasteiger partial charge in [0.25, 0.3) is 0 Å². The number of rotatable bonds is 7. The molecule has 33 heavy (non-hydrogen) atoms. The van der Waals surface area contributed by atoms with E-state index in [2.05, 4.69) is 15.5 Å². The van der Waals surface area contributed by atoms with Crippen molar-refractivity contribution in [3.8, 4) is 17.1 Å². The van der Waals surface area contributed by atoms with E-state index >= 15 is 0 Å². The van der Waals surface area contributed by atoms with Crippen LogP contribution >= 0.6 is 0 Å². The molecule has 2 aromatic carbocycles. The molecule has 1 aliphatic rings. The second-order valence-corrected chi connectivity index (χ2v) is 9.69. The minimum Gasteiger partial charge on any atom is -0.494 e. The molecule has 0 bridgehead atoms. The molecule has 1 saturated heterocycles. The van der Waals surface area contributed by atoms with Gasteiger partial charge in [0.1, 0.15) is 5.75 Å². The van der Waals surface area contributed by atoms with Crippen LogP contribution in [0.25, 0.3) is 11.4 Å². The molecule has 10 heteroatoms. The zero-order valence-electron chi connectivity index (χ0n) is 18.6. The highest BCUT2D eigenvalue weighted by Crippen LogP contribution is 2.27. The second-order valence-electron chi connectivity index (χ2n) is 7.78. The lowest BCUT2D eigenvalue weighted by Gasteiger charge is -2.26. The molecule has 4 rings (SSSR count). The molecular formula is C23H26N4O5S. The van der Waals surface area contributed by atoms with Gasteiger partial charge in [0.2, 0.25) is 15.8 Å². The summed E-state index contributed by atoms with van der Waals surface area (Å²) in [6.45, 7) is 5.24. The molecule has 3 aromatic rings. The van der Waals surface area contributed by atoms with Crippen LogP contribution in [0.5, 0.6) is 5.75 Å². The van der Waals surface area contributed by atoms with Gasteiger partial charge in [-0.3, -0.25) is 4.79 Å². The summed E-state index contributed by atoms with van der Waals surface area (Å²) in [7, 11) is -3.62. The van der Waals surface area contributed by atoms with Gasteiger partial charge in [-0.15, -0.1) is 0 Å². The molecule has 9 nitrogen and oxygen atoms in total. The van der Waals surface area contributed by atoms with E-state index in [-0.39, 0.29) is 16.6 Å². The first kappa shape index (κ1) is 22.9. The van der Waals surface area contributed by atoms with Crippen molar-refractivity contribution in [3.63, 3.8) is 0 Å². The van der Waals surface area contributed by atoms with E-state index < -0.39 is 15.9 Å². The van der Waals surface area contributed by atoms with Crippen LogP contribution in [0, 0.1) is 6.92 Å². The molecule has 174 valence electrons. The third-order valence-corrected chi connectivity index (χ3v) is 7.46. The molecule has 1 amide bonds. The molecule has 0 unspecified atom stereocenters. The Bertz CT molecular complexity index is 1230. The minimum atomic E-state index is -3.62. The topological polar surface area (TPSA) is 115 Å². The molecule has 2 heterocycles. The predicted molar refractivity (Wildman–Crippen MR) is 123 cm³/mol. The number of carbonyl (C=O) groups is 1. The number of carbonyl (C=O) groups excluding carboxylic acids is 1. The van der Waals surface area contributed by atoms with E-state index in [1.807, 2.05) is 6.92 Å². The summed E-state index contributed by atoms with van der Waals surface area (Å²) in [6, 6.07) is 11.9. The first-order valence-corrected chi connectivity index (χ1v) is 12.3. The zero-order valence-corrected chi connectivity index (χ0v) is 19.4. The highest BCUT2D eigenvalue weighted by molar-refractivity contribution is 7.89. The molecule has 1 fully saturated rings. The maximum Gasteiger partial charge on any atom is 0.316 e. The maximum absolute atomic E-state index is 13.2. The Labute approximate surface area is 192 Å². The number of aromatic nitrogens is 2. The zero-order chi connectivity index (χ0) is 23.4. The molecule has 0 atom stereocenters. The van der Waals surface area contributed by atoms with Crippen LogP contribution in [0.3, 0.4) is 0 Å². The Morgan fingerprint density at radius 2 is 1.85 bits per heavy atom. The number of nitrogens with one attached hydrogen (secondary N) is 1. The van der Waals surface area contributed by atoms with Crippen LogP contribution in [-0.2, 0) is 10.0 Å². The van der Waals surface area contributed by atoms with E-state index in [0.29, 0.717) is 42.3 Å². The maximum atomic E-state index is 13.2. The van der Waals surface area contributed by atoms with Gasteiger partial charge in [-0.05, 0) is 62.6 Å². The van der Waals surface area contributed by atoms with Gasteiger partial charge in [-0.1, -0.05) is 23.7 Å². The lowest BCUT2D eigenvalue weighted by Crippen LogP contribution is -2.35. The third kappa shape index (κ3) is 5.07. The lowest BCUT2D eigenvalue weighted by molar-refractivity contribution is 0.0981. The van der Waals surface area contributed by atoms with Crippen LogP contribution in [0.2, 0.25) is 0 Å². The summed E-state index contributed by atoms with van der Waals surface area (Å²) in [5.41, 5.74) is 1.65. The van der Waals surface area contributed by atoms with Gasteiger partial charge in [0.05, 0.1) is 11.5 Å². The van der Waals surface area contributed by atoms with Gasteiger partial charge in [0.15, 0.2) is 0 Å². The van der Waals surface area contributed by atoms with Crippen molar-refractivity contribution in [3.05, 3.63) is 53.9 Å². The van der Waals surface area contributed by atoms with E-state index in [1.54, 1.807) is 43.3 Å². The lowest BCUT2D eigenvalue weighted by atomic mass is 10.1. The number of amides is 1. The second kappa shape index (κ2) is 9.72. The van der Waals surface area contributed by atoms with Gasteiger partial charge in [0, 0.05) is 24.3 Å². The first-order valence-electron chi connectivity index (χ1n) is 10.9. The summed E-state index contributed by atoms with van der Waals surface area (Å²) < 4.78 is 38.4. The van der Waals surface area contributed by atoms with Crippen LogP contribution in [-0.4, -0.2) is 48.5 Å². The largest absolute Gasteiger partial charge is 0.494 e.